The van der Waals surface area contributed by atoms with Crippen LogP contribution in [0.5, 0.6) is 5.75 Å². The van der Waals surface area contributed by atoms with E-state index in [1.807, 2.05) is 6.07 Å². The fourth-order valence-electron chi connectivity index (χ4n) is 2.72. The molecule has 1 aliphatic carbocycles. The monoisotopic (exact) mass is 282 g/mol. The molecule has 3 rings (SSSR count). The quantitative estimate of drug-likeness (QED) is 0.850. The zero-order chi connectivity index (χ0) is 14.8. The maximum atomic E-state index is 12.3. The number of methoxy groups -OCH3 is 1. The molecule has 0 heterocycles. The number of fused-ring (bicyclic) bond motifs is 1. The van der Waals surface area contributed by atoms with Crippen LogP contribution in [0.25, 0.3) is 0 Å². The number of aryl methyl sites for hydroxylation is 2. The summed E-state index contributed by atoms with van der Waals surface area (Å²) in [6.07, 6.45) is 3.41. The minimum absolute atomic E-state index is 0.201. The number of anilines is 2. The summed E-state index contributed by atoms with van der Waals surface area (Å²) < 4.78 is 5.09. The van der Waals surface area contributed by atoms with Crippen LogP contribution in [0.4, 0.5) is 11.4 Å². The number of carbonyl (C=O) groups excluding carboxylic acids is 1. The third-order valence-electron chi connectivity index (χ3n) is 3.86. The fourth-order valence-corrected chi connectivity index (χ4v) is 2.72. The molecule has 21 heavy (non-hydrogen) atoms. The molecule has 0 saturated carbocycles. The zero-order valence-electron chi connectivity index (χ0n) is 12.0. The van der Waals surface area contributed by atoms with E-state index in [1.165, 1.54) is 17.5 Å². The fraction of sp³-hybridized carbons (Fsp3) is 0.235. The molecule has 0 spiro atoms. The van der Waals surface area contributed by atoms with Crippen molar-refractivity contribution in [2.75, 3.05) is 18.2 Å². The summed E-state index contributed by atoms with van der Waals surface area (Å²) in [6, 6.07) is 11.2. The number of hydrogen-bond donors (Lipinski definition) is 2. The van der Waals surface area contributed by atoms with Crippen LogP contribution < -0.4 is 15.8 Å². The molecular weight excluding hydrogens is 264 g/mol. The third-order valence-corrected chi connectivity index (χ3v) is 3.86. The van der Waals surface area contributed by atoms with Gasteiger partial charge in [0.1, 0.15) is 5.75 Å². The Kier molecular flexibility index (Phi) is 3.52. The minimum atomic E-state index is -0.201. The summed E-state index contributed by atoms with van der Waals surface area (Å²) in [4.78, 5) is 12.3. The number of amides is 1. The number of carbonyl (C=O) groups is 1. The molecule has 2 aromatic carbocycles. The molecule has 0 aliphatic heterocycles. The van der Waals surface area contributed by atoms with Gasteiger partial charge in [-0.05, 0) is 54.7 Å². The van der Waals surface area contributed by atoms with Gasteiger partial charge >= 0.3 is 0 Å². The molecule has 3 N–H and O–H groups in total. The molecule has 0 saturated heterocycles. The first-order chi connectivity index (χ1) is 10.2. The number of benzene rings is 2. The summed E-state index contributed by atoms with van der Waals surface area (Å²) in [5, 5.41) is 2.91. The molecule has 1 amide bonds. The molecule has 0 unspecified atom stereocenters. The van der Waals surface area contributed by atoms with Gasteiger partial charge in [-0.25, -0.2) is 0 Å². The van der Waals surface area contributed by atoms with Crippen molar-refractivity contribution >= 4 is 17.3 Å². The van der Waals surface area contributed by atoms with Gasteiger partial charge in [0.25, 0.3) is 5.91 Å². The molecule has 0 bridgehead atoms. The lowest BCUT2D eigenvalue weighted by Crippen LogP contribution is -2.14. The Balaban J connectivity index is 1.80. The molecule has 0 fully saturated rings. The van der Waals surface area contributed by atoms with Gasteiger partial charge in [-0.15, -0.1) is 0 Å². The normalized spacial score (nSPS) is 12.8. The van der Waals surface area contributed by atoms with E-state index >= 15 is 0 Å². The van der Waals surface area contributed by atoms with Gasteiger partial charge in [-0.3, -0.25) is 4.79 Å². The number of nitrogens with one attached hydrogen (secondary N) is 1. The Morgan fingerprint density at radius 3 is 2.71 bits per heavy atom. The SMILES string of the molecule is COc1ccc(C(=O)Nc2ccc3c(c2)CCC3)c(N)c1. The second-order valence-corrected chi connectivity index (χ2v) is 5.24. The van der Waals surface area contributed by atoms with Crippen LogP contribution in [0, 0.1) is 0 Å². The molecule has 0 aromatic heterocycles. The van der Waals surface area contributed by atoms with Crippen LogP contribution in [-0.2, 0) is 12.8 Å². The maximum Gasteiger partial charge on any atom is 0.257 e. The lowest BCUT2D eigenvalue weighted by Gasteiger charge is -2.10. The molecule has 0 radical (unpaired) electrons. The van der Waals surface area contributed by atoms with Crippen molar-refractivity contribution in [3.63, 3.8) is 0 Å². The van der Waals surface area contributed by atoms with Gasteiger partial charge in [-0.1, -0.05) is 6.07 Å². The maximum absolute atomic E-state index is 12.3. The Hall–Kier alpha value is -2.49. The molecular formula is C17H18N2O2. The lowest BCUT2D eigenvalue weighted by molar-refractivity contribution is 0.102. The summed E-state index contributed by atoms with van der Waals surface area (Å²) in [5.41, 5.74) is 10.3. The highest BCUT2D eigenvalue weighted by molar-refractivity contribution is 6.07. The summed E-state index contributed by atoms with van der Waals surface area (Å²) >= 11 is 0. The van der Waals surface area contributed by atoms with Gasteiger partial charge in [0, 0.05) is 17.4 Å². The van der Waals surface area contributed by atoms with Crippen molar-refractivity contribution in [3.05, 3.63) is 53.1 Å². The van der Waals surface area contributed by atoms with E-state index in [0.717, 1.165) is 18.5 Å². The zero-order valence-corrected chi connectivity index (χ0v) is 12.0. The number of nitrogen functional groups attached to an aromatic ring is 1. The van der Waals surface area contributed by atoms with E-state index in [4.69, 9.17) is 10.5 Å². The van der Waals surface area contributed by atoms with Crippen LogP contribution in [0.2, 0.25) is 0 Å². The first-order valence-corrected chi connectivity index (χ1v) is 7.04. The second kappa shape index (κ2) is 5.48. The van der Waals surface area contributed by atoms with Crippen LogP contribution >= 0.6 is 0 Å². The first-order valence-electron chi connectivity index (χ1n) is 7.04. The van der Waals surface area contributed by atoms with E-state index in [2.05, 4.69) is 17.4 Å². The lowest BCUT2D eigenvalue weighted by atomic mass is 10.1. The van der Waals surface area contributed by atoms with Gasteiger partial charge in [0.15, 0.2) is 0 Å². The third kappa shape index (κ3) is 2.70. The van der Waals surface area contributed by atoms with Gasteiger partial charge < -0.3 is 15.8 Å². The smallest absolute Gasteiger partial charge is 0.257 e. The van der Waals surface area contributed by atoms with E-state index in [0.29, 0.717) is 17.0 Å². The van der Waals surface area contributed by atoms with Gasteiger partial charge in [0.2, 0.25) is 0 Å². The topological polar surface area (TPSA) is 64.3 Å². The highest BCUT2D eigenvalue weighted by Gasteiger charge is 2.14. The largest absolute Gasteiger partial charge is 0.497 e. The van der Waals surface area contributed by atoms with E-state index in [1.54, 1.807) is 25.3 Å². The van der Waals surface area contributed by atoms with Crippen molar-refractivity contribution in [2.24, 2.45) is 0 Å². The van der Waals surface area contributed by atoms with Crippen LogP contribution in [0.1, 0.15) is 27.9 Å². The second-order valence-electron chi connectivity index (χ2n) is 5.24. The van der Waals surface area contributed by atoms with Gasteiger partial charge in [0.05, 0.1) is 12.7 Å². The van der Waals surface area contributed by atoms with Crippen molar-refractivity contribution in [3.8, 4) is 5.75 Å². The Morgan fingerprint density at radius 2 is 1.95 bits per heavy atom. The number of hydrogen-bond acceptors (Lipinski definition) is 3. The van der Waals surface area contributed by atoms with Crippen LogP contribution in [0.15, 0.2) is 36.4 Å². The van der Waals surface area contributed by atoms with Crippen LogP contribution in [-0.4, -0.2) is 13.0 Å². The average Bonchev–Trinajstić information content (AvgIpc) is 2.94. The van der Waals surface area contributed by atoms with Crippen molar-refractivity contribution in [1.82, 2.24) is 0 Å². The standard InChI is InChI=1S/C17H18N2O2/c1-21-14-7-8-15(16(18)10-14)17(20)19-13-6-5-11-3-2-4-12(11)9-13/h5-10H,2-4,18H2,1H3,(H,19,20). The van der Waals surface area contributed by atoms with E-state index < -0.39 is 0 Å². The molecule has 4 nitrogen and oxygen atoms in total. The summed E-state index contributed by atoms with van der Waals surface area (Å²) in [7, 11) is 1.57. The number of rotatable bonds is 3. The number of nitrogens with two attached hydrogens (primary N) is 1. The average molecular weight is 282 g/mol. The molecule has 2 aromatic rings. The van der Waals surface area contributed by atoms with Crippen molar-refractivity contribution < 1.29 is 9.53 Å². The van der Waals surface area contributed by atoms with Crippen LogP contribution in [0.3, 0.4) is 0 Å². The Bertz CT molecular complexity index is 695. The predicted octanol–water partition coefficient (Wildman–Crippen LogP) is 3.02. The van der Waals surface area contributed by atoms with Gasteiger partial charge in [-0.2, -0.15) is 0 Å². The van der Waals surface area contributed by atoms with Crippen molar-refractivity contribution in [1.29, 1.82) is 0 Å². The number of ether oxygens (including phenoxy) is 1. The minimum Gasteiger partial charge on any atom is -0.497 e. The molecule has 0 atom stereocenters. The molecule has 4 heteroatoms. The van der Waals surface area contributed by atoms with E-state index in [-0.39, 0.29) is 5.91 Å². The highest BCUT2D eigenvalue weighted by atomic mass is 16.5. The predicted molar refractivity (Wildman–Crippen MR) is 83.8 cm³/mol. The van der Waals surface area contributed by atoms with E-state index in [9.17, 15) is 4.79 Å². The summed E-state index contributed by atoms with van der Waals surface area (Å²) in [5.74, 6) is 0.440. The van der Waals surface area contributed by atoms with Crippen molar-refractivity contribution in [2.45, 2.75) is 19.3 Å². The molecule has 1 aliphatic rings. The molecule has 108 valence electrons. The summed E-state index contributed by atoms with van der Waals surface area (Å²) in [6.45, 7) is 0. The Morgan fingerprint density at radius 1 is 1.14 bits per heavy atom. The first kappa shape index (κ1) is 13.5. The highest BCUT2D eigenvalue weighted by Crippen LogP contribution is 2.26. The Labute approximate surface area is 123 Å².